The van der Waals surface area contributed by atoms with Crippen molar-refractivity contribution in [2.75, 3.05) is 7.11 Å². The van der Waals surface area contributed by atoms with E-state index in [9.17, 15) is 4.79 Å². The molecule has 0 fully saturated rings. The molecule has 1 aromatic heterocycles. The maximum atomic E-state index is 10.6. The zero-order valence-electron chi connectivity index (χ0n) is 10.9. The van der Waals surface area contributed by atoms with Gasteiger partial charge in [-0.3, -0.25) is 0 Å². The summed E-state index contributed by atoms with van der Waals surface area (Å²) in [7, 11) is 0.0272. The van der Waals surface area contributed by atoms with E-state index < -0.39 is 14.2 Å². The molecule has 0 aromatic carbocycles. The molecule has 0 bridgehead atoms. The van der Waals surface area contributed by atoms with E-state index in [4.69, 9.17) is 15.2 Å². The van der Waals surface area contributed by atoms with Gasteiger partial charge in [0.15, 0.2) is 17.2 Å². The van der Waals surface area contributed by atoms with Gasteiger partial charge in [0.25, 0.3) is 0 Å². The smallest absolute Gasteiger partial charge is 0.410 e. The lowest BCUT2D eigenvalue weighted by Gasteiger charge is -2.07. The summed E-state index contributed by atoms with van der Waals surface area (Å²) in [6.07, 6.45) is 0.501. The lowest BCUT2D eigenvalue weighted by atomic mass is 10.3. The van der Waals surface area contributed by atoms with Crippen molar-refractivity contribution >= 4 is 14.2 Å². The maximum Gasteiger partial charge on any atom is 0.410 e. The van der Waals surface area contributed by atoms with Gasteiger partial charge in [-0.1, -0.05) is 25.6 Å². The lowest BCUT2D eigenvalue weighted by Crippen LogP contribution is -2.17. The molecule has 96 valence electrons. The standard InChI is InChI=1S/C12H16N2O3Si/c1-16-11-7-9(17-12(13)15)8-14-10(11)5-6-18(2,3)4/h7-8H,1-4H3,(H2,13,15). The van der Waals surface area contributed by atoms with E-state index in [1.807, 2.05) is 0 Å². The first-order valence-electron chi connectivity index (χ1n) is 5.36. The molecule has 0 aliphatic heterocycles. The van der Waals surface area contributed by atoms with Gasteiger partial charge >= 0.3 is 6.09 Å². The summed E-state index contributed by atoms with van der Waals surface area (Å²) < 4.78 is 9.87. The first-order valence-corrected chi connectivity index (χ1v) is 8.86. The van der Waals surface area contributed by atoms with Gasteiger partial charge in [-0.2, -0.15) is 0 Å². The predicted octanol–water partition coefficient (Wildman–Crippen LogP) is 1.78. The van der Waals surface area contributed by atoms with E-state index in [1.165, 1.54) is 19.4 Å². The predicted molar refractivity (Wildman–Crippen MR) is 71.2 cm³/mol. The van der Waals surface area contributed by atoms with Gasteiger partial charge in [0.1, 0.15) is 8.07 Å². The Labute approximate surface area is 107 Å². The molecule has 0 saturated heterocycles. The Balaban J connectivity index is 3.07. The monoisotopic (exact) mass is 264 g/mol. The SMILES string of the molecule is COc1cc(OC(N)=O)cnc1C#C[Si](C)(C)C. The highest BCUT2D eigenvalue weighted by atomic mass is 28.3. The number of aromatic nitrogens is 1. The van der Waals surface area contributed by atoms with E-state index in [2.05, 4.69) is 36.1 Å². The number of rotatable bonds is 2. The fourth-order valence-corrected chi connectivity index (χ4v) is 1.59. The molecule has 0 aliphatic carbocycles. The zero-order chi connectivity index (χ0) is 13.8. The number of hydrogen-bond donors (Lipinski definition) is 1. The number of carbonyl (C=O) groups excluding carboxylic acids is 1. The summed E-state index contributed by atoms with van der Waals surface area (Å²) in [6, 6.07) is 1.53. The van der Waals surface area contributed by atoms with Crippen LogP contribution in [0.5, 0.6) is 11.5 Å². The van der Waals surface area contributed by atoms with Crippen LogP contribution >= 0.6 is 0 Å². The van der Waals surface area contributed by atoms with Crippen LogP contribution in [0.25, 0.3) is 0 Å². The molecule has 18 heavy (non-hydrogen) atoms. The number of primary amides is 1. The van der Waals surface area contributed by atoms with E-state index in [0.717, 1.165) is 0 Å². The van der Waals surface area contributed by atoms with Gasteiger partial charge in [-0.15, -0.1) is 5.54 Å². The molecule has 0 saturated carbocycles. The number of ether oxygens (including phenoxy) is 2. The topological polar surface area (TPSA) is 74.4 Å². The fraction of sp³-hybridized carbons (Fsp3) is 0.333. The molecule has 0 unspecified atom stereocenters. The number of amides is 1. The molecule has 1 heterocycles. The Hall–Kier alpha value is -2.00. The largest absolute Gasteiger partial charge is 0.494 e. The second-order valence-corrected chi connectivity index (χ2v) is 9.39. The summed E-state index contributed by atoms with van der Waals surface area (Å²) in [5.74, 6) is 3.68. The van der Waals surface area contributed by atoms with Gasteiger partial charge in [-0.25, -0.2) is 9.78 Å². The number of carbonyl (C=O) groups is 1. The van der Waals surface area contributed by atoms with E-state index >= 15 is 0 Å². The summed E-state index contributed by atoms with van der Waals surface area (Å²) >= 11 is 0. The third-order valence-electron chi connectivity index (χ3n) is 1.82. The van der Waals surface area contributed by atoms with Crippen LogP contribution in [0.4, 0.5) is 4.79 Å². The second-order valence-electron chi connectivity index (χ2n) is 4.64. The minimum absolute atomic E-state index is 0.234. The first-order chi connectivity index (χ1) is 8.31. The molecule has 1 aromatic rings. The normalized spacial score (nSPS) is 10.2. The molecular weight excluding hydrogens is 248 g/mol. The van der Waals surface area contributed by atoms with Crippen molar-refractivity contribution in [2.45, 2.75) is 19.6 Å². The first kappa shape index (κ1) is 14.1. The number of nitrogens with two attached hydrogens (primary N) is 1. The van der Waals surface area contributed by atoms with Crippen molar-refractivity contribution in [3.63, 3.8) is 0 Å². The van der Waals surface area contributed by atoms with Gasteiger partial charge in [0.05, 0.1) is 13.3 Å². The number of methoxy groups -OCH3 is 1. The van der Waals surface area contributed by atoms with E-state index in [0.29, 0.717) is 11.4 Å². The molecule has 6 heteroatoms. The average molecular weight is 264 g/mol. The Kier molecular flexibility index (Phi) is 4.34. The number of nitrogens with zero attached hydrogens (tertiary/aromatic N) is 1. The van der Waals surface area contributed by atoms with Crippen LogP contribution in [0, 0.1) is 11.5 Å². The minimum Gasteiger partial charge on any atom is -0.494 e. The summed E-state index contributed by atoms with van der Waals surface area (Å²) in [5, 5.41) is 0. The molecule has 0 radical (unpaired) electrons. The van der Waals surface area contributed by atoms with Crippen LogP contribution < -0.4 is 15.2 Å². The highest BCUT2D eigenvalue weighted by Crippen LogP contribution is 2.21. The zero-order valence-corrected chi connectivity index (χ0v) is 11.9. The highest BCUT2D eigenvalue weighted by molar-refractivity contribution is 6.83. The molecule has 0 atom stereocenters. The number of pyridine rings is 1. The second kappa shape index (κ2) is 5.56. The molecule has 1 amide bonds. The van der Waals surface area contributed by atoms with Crippen LogP contribution in [-0.4, -0.2) is 26.3 Å². The van der Waals surface area contributed by atoms with E-state index in [1.54, 1.807) is 0 Å². The van der Waals surface area contributed by atoms with Crippen molar-refractivity contribution in [1.29, 1.82) is 0 Å². The number of hydrogen-bond acceptors (Lipinski definition) is 4. The van der Waals surface area contributed by atoms with Crippen LogP contribution in [0.15, 0.2) is 12.3 Å². The summed E-state index contributed by atoms with van der Waals surface area (Å²) in [6.45, 7) is 6.41. The summed E-state index contributed by atoms with van der Waals surface area (Å²) in [4.78, 5) is 14.7. The Morgan fingerprint density at radius 1 is 1.44 bits per heavy atom. The average Bonchev–Trinajstić information content (AvgIpc) is 2.25. The molecule has 1 rings (SSSR count). The lowest BCUT2D eigenvalue weighted by molar-refractivity contribution is 0.210. The van der Waals surface area contributed by atoms with Gasteiger partial charge in [0, 0.05) is 6.07 Å². The highest BCUT2D eigenvalue weighted by Gasteiger charge is 2.10. The molecule has 0 aliphatic rings. The van der Waals surface area contributed by atoms with Gasteiger partial charge < -0.3 is 15.2 Å². The molecule has 5 nitrogen and oxygen atoms in total. The van der Waals surface area contributed by atoms with Crippen molar-refractivity contribution in [1.82, 2.24) is 4.98 Å². The third kappa shape index (κ3) is 4.47. The van der Waals surface area contributed by atoms with Crippen LogP contribution in [0.2, 0.25) is 19.6 Å². The van der Waals surface area contributed by atoms with Crippen molar-refractivity contribution in [3.8, 4) is 23.0 Å². The Morgan fingerprint density at radius 2 is 2.11 bits per heavy atom. The maximum absolute atomic E-state index is 10.6. The Bertz CT molecular complexity index is 512. The van der Waals surface area contributed by atoms with Crippen LogP contribution in [0.3, 0.4) is 0 Å². The van der Waals surface area contributed by atoms with E-state index in [-0.39, 0.29) is 5.75 Å². The molecular formula is C12H16N2O3Si. The van der Waals surface area contributed by atoms with Crippen molar-refractivity contribution < 1.29 is 14.3 Å². The van der Waals surface area contributed by atoms with Crippen LogP contribution in [0.1, 0.15) is 5.69 Å². The third-order valence-corrected chi connectivity index (χ3v) is 2.70. The van der Waals surface area contributed by atoms with Crippen molar-refractivity contribution in [2.24, 2.45) is 5.73 Å². The van der Waals surface area contributed by atoms with Gasteiger partial charge in [0.2, 0.25) is 0 Å². The van der Waals surface area contributed by atoms with Crippen LogP contribution in [-0.2, 0) is 0 Å². The molecule has 0 spiro atoms. The molecule has 2 N–H and O–H groups in total. The Morgan fingerprint density at radius 3 is 2.61 bits per heavy atom. The van der Waals surface area contributed by atoms with Crippen molar-refractivity contribution in [3.05, 3.63) is 18.0 Å². The van der Waals surface area contributed by atoms with Gasteiger partial charge in [-0.05, 0) is 0 Å². The fourth-order valence-electron chi connectivity index (χ4n) is 1.09. The quantitative estimate of drug-likeness (QED) is 0.652. The minimum atomic E-state index is -1.48. The summed E-state index contributed by atoms with van der Waals surface area (Å²) in [5.41, 5.74) is 8.63.